The van der Waals surface area contributed by atoms with Gasteiger partial charge in [0, 0.05) is 13.0 Å². The lowest BCUT2D eigenvalue weighted by atomic mass is 10.1. The Morgan fingerprint density at radius 2 is 1.95 bits per heavy atom. The number of amides is 1. The van der Waals surface area contributed by atoms with Gasteiger partial charge in [0.25, 0.3) is 0 Å². The van der Waals surface area contributed by atoms with Crippen molar-refractivity contribution >= 4 is 23.2 Å². The number of anilines is 1. The Morgan fingerprint density at radius 1 is 1.25 bits per heavy atom. The largest absolute Gasteiger partial charge is 0.325 e. The maximum atomic E-state index is 11.9. The van der Waals surface area contributed by atoms with Crippen molar-refractivity contribution in [2.24, 2.45) is 5.92 Å². The van der Waals surface area contributed by atoms with Crippen molar-refractivity contribution in [2.75, 3.05) is 18.4 Å². The van der Waals surface area contributed by atoms with Crippen LogP contribution in [0.5, 0.6) is 0 Å². The standard InChI is InChI=1S/C16H25ClN2O/c1-11(2)5-7-18-8-6-15(20)19-16-13(4)9-12(3)10-14(16)17/h9-11,18H,5-8H2,1-4H3,(H,19,20). The van der Waals surface area contributed by atoms with Gasteiger partial charge in [-0.25, -0.2) is 0 Å². The van der Waals surface area contributed by atoms with Crippen LogP contribution in [-0.2, 0) is 4.79 Å². The molecule has 20 heavy (non-hydrogen) atoms. The van der Waals surface area contributed by atoms with Crippen LogP contribution in [0.15, 0.2) is 12.1 Å². The first kappa shape index (κ1) is 17.0. The molecule has 0 aliphatic rings. The highest BCUT2D eigenvalue weighted by Crippen LogP contribution is 2.27. The Balaban J connectivity index is 2.39. The number of carbonyl (C=O) groups excluding carboxylic acids is 1. The molecular weight excluding hydrogens is 272 g/mol. The van der Waals surface area contributed by atoms with E-state index in [1.165, 1.54) is 0 Å². The quantitative estimate of drug-likeness (QED) is 0.749. The van der Waals surface area contributed by atoms with E-state index in [0.717, 1.165) is 29.8 Å². The van der Waals surface area contributed by atoms with Crippen LogP contribution in [0.1, 0.15) is 37.8 Å². The summed E-state index contributed by atoms with van der Waals surface area (Å²) in [5, 5.41) is 6.77. The van der Waals surface area contributed by atoms with Gasteiger partial charge in [-0.3, -0.25) is 4.79 Å². The summed E-state index contributed by atoms with van der Waals surface area (Å²) in [5.41, 5.74) is 2.82. The average molecular weight is 297 g/mol. The molecule has 0 aliphatic heterocycles. The second-order valence-electron chi connectivity index (χ2n) is 5.67. The highest BCUT2D eigenvalue weighted by atomic mass is 35.5. The van der Waals surface area contributed by atoms with Gasteiger partial charge in [0.05, 0.1) is 10.7 Å². The Labute approximate surface area is 127 Å². The zero-order chi connectivity index (χ0) is 15.1. The summed E-state index contributed by atoms with van der Waals surface area (Å²) in [6.45, 7) is 9.97. The van der Waals surface area contributed by atoms with E-state index in [1.807, 2.05) is 26.0 Å². The molecule has 0 bridgehead atoms. The molecule has 0 radical (unpaired) electrons. The van der Waals surface area contributed by atoms with Crippen LogP contribution < -0.4 is 10.6 Å². The first-order valence-electron chi connectivity index (χ1n) is 7.17. The maximum absolute atomic E-state index is 11.9. The van der Waals surface area contributed by atoms with Gasteiger partial charge < -0.3 is 10.6 Å². The Hall–Kier alpha value is -1.06. The van der Waals surface area contributed by atoms with Gasteiger partial charge in [-0.15, -0.1) is 0 Å². The molecule has 0 atom stereocenters. The van der Waals surface area contributed by atoms with Crippen molar-refractivity contribution in [2.45, 2.75) is 40.5 Å². The molecule has 0 spiro atoms. The summed E-state index contributed by atoms with van der Waals surface area (Å²) in [4.78, 5) is 11.9. The molecule has 3 nitrogen and oxygen atoms in total. The van der Waals surface area contributed by atoms with E-state index in [9.17, 15) is 4.79 Å². The van der Waals surface area contributed by atoms with Gasteiger partial charge in [-0.1, -0.05) is 31.5 Å². The van der Waals surface area contributed by atoms with Gasteiger partial charge in [-0.05, 0) is 49.9 Å². The van der Waals surface area contributed by atoms with Crippen molar-refractivity contribution < 1.29 is 4.79 Å². The molecule has 1 amide bonds. The Morgan fingerprint density at radius 3 is 2.55 bits per heavy atom. The lowest BCUT2D eigenvalue weighted by Gasteiger charge is -2.12. The van der Waals surface area contributed by atoms with E-state index in [4.69, 9.17) is 11.6 Å². The number of carbonyl (C=O) groups is 1. The molecule has 2 N–H and O–H groups in total. The number of nitrogens with one attached hydrogen (secondary N) is 2. The number of hydrogen-bond acceptors (Lipinski definition) is 2. The third-order valence-electron chi connectivity index (χ3n) is 3.12. The normalized spacial score (nSPS) is 10.9. The molecule has 112 valence electrons. The highest BCUT2D eigenvalue weighted by Gasteiger charge is 2.09. The fraction of sp³-hybridized carbons (Fsp3) is 0.562. The van der Waals surface area contributed by atoms with E-state index in [1.54, 1.807) is 0 Å². The molecule has 0 unspecified atom stereocenters. The molecular formula is C16H25ClN2O. The van der Waals surface area contributed by atoms with E-state index in [-0.39, 0.29) is 5.91 Å². The zero-order valence-electron chi connectivity index (χ0n) is 12.8. The summed E-state index contributed by atoms with van der Waals surface area (Å²) in [7, 11) is 0. The number of hydrogen-bond donors (Lipinski definition) is 2. The molecule has 1 aromatic rings. The van der Waals surface area contributed by atoms with E-state index >= 15 is 0 Å². The minimum Gasteiger partial charge on any atom is -0.325 e. The number of rotatable bonds is 7. The van der Waals surface area contributed by atoms with Gasteiger partial charge in [0.15, 0.2) is 0 Å². The first-order valence-corrected chi connectivity index (χ1v) is 7.55. The molecule has 1 rings (SSSR count). The van der Waals surface area contributed by atoms with Crippen molar-refractivity contribution in [3.05, 3.63) is 28.3 Å². The monoisotopic (exact) mass is 296 g/mol. The van der Waals surface area contributed by atoms with E-state index < -0.39 is 0 Å². The topological polar surface area (TPSA) is 41.1 Å². The minimum atomic E-state index is -0.00380. The number of halogens is 1. The van der Waals surface area contributed by atoms with Gasteiger partial charge in [-0.2, -0.15) is 0 Å². The predicted octanol–water partition coefficient (Wildman–Crippen LogP) is 3.92. The van der Waals surface area contributed by atoms with Crippen LogP contribution >= 0.6 is 11.6 Å². The van der Waals surface area contributed by atoms with Crippen LogP contribution in [0.25, 0.3) is 0 Å². The SMILES string of the molecule is Cc1cc(C)c(NC(=O)CCNCCC(C)C)c(Cl)c1. The fourth-order valence-electron chi connectivity index (χ4n) is 1.99. The number of aryl methyl sites for hydroxylation is 2. The summed E-state index contributed by atoms with van der Waals surface area (Å²) in [6, 6.07) is 3.88. The smallest absolute Gasteiger partial charge is 0.225 e. The molecule has 4 heteroatoms. The molecule has 0 aliphatic carbocycles. The van der Waals surface area contributed by atoms with Crippen LogP contribution in [0, 0.1) is 19.8 Å². The molecule has 0 fully saturated rings. The summed E-state index contributed by atoms with van der Waals surface area (Å²) in [6.07, 6.45) is 1.59. The highest BCUT2D eigenvalue weighted by molar-refractivity contribution is 6.34. The maximum Gasteiger partial charge on any atom is 0.225 e. The minimum absolute atomic E-state index is 0.00380. The van der Waals surface area contributed by atoms with Crippen molar-refractivity contribution in [1.29, 1.82) is 0 Å². The second-order valence-corrected chi connectivity index (χ2v) is 6.08. The molecule has 0 saturated heterocycles. The lowest BCUT2D eigenvalue weighted by Crippen LogP contribution is -2.23. The zero-order valence-corrected chi connectivity index (χ0v) is 13.6. The first-order chi connectivity index (χ1) is 9.40. The lowest BCUT2D eigenvalue weighted by molar-refractivity contribution is -0.116. The van der Waals surface area contributed by atoms with Gasteiger partial charge in [0.1, 0.15) is 0 Å². The van der Waals surface area contributed by atoms with Crippen LogP contribution in [0.4, 0.5) is 5.69 Å². The Kier molecular flexibility index (Phi) is 7.03. The molecule has 0 saturated carbocycles. The third kappa shape index (κ3) is 5.93. The van der Waals surface area contributed by atoms with E-state index in [2.05, 4.69) is 24.5 Å². The summed E-state index contributed by atoms with van der Waals surface area (Å²) < 4.78 is 0. The van der Waals surface area contributed by atoms with Gasteiger partial charge in [0.2, 0.25) is 5.91 Å². The van der Waals surface area contributed by atoms with Crippen molar-refractivity contribution in [3.63, 3.8) is 0 Å². The second kappa shape index (κ2) is 8.28. The van der Waals surface area contributed by atoms with Crippen LogP contribution in [-0.4, -0.2) is 19.0 Å². The van der Waals surface area contributed by atoms with Gasteiger partial charge >= 0.3 is 0 Å². The summed E-state index contributed by atoms with van der Waals surface area (Å²) >= 11 is 6.17. The summed E-state index contributed by atoms with van der Waals surface area (Å²) in [5.74, 6) is 0.682. The molecule has 0 aromatic heterocycles. The third-order valence-corrected chi connectivity index (χ3v) is 3.42. The Bertz CT molecular complexity index is 435. The van der Waals surface area contributed by atoms with Crippen molar-refractivity contribution in [1.82, 2.24) is 5.32 Å². The van der Waals surface area contributed by atoms with E-state index in [0.29, 0.717) is 23.9 Å². The van der Waals surface area contributed by atoms with Crippen LogP contribution in [0.2, 0.25) is 5.02 Å². The fourth-order valence-corrected chi connectivity index (χ4v) is 2.36. The average Bonchev–Trinajstić information content (AvgIpc) is 2.33. The molecule has 0 heterocycles. The number of benzene rings is 1. The molecule has 1 aromatic carbocycles. The van der Waals surface area contributed by atoms with Crippen molar-refractivity contribution in [3.8, 4) is 0 Å². The predicted molar refractivity (Wildman–Crippen MR) is 86.5 cm³/mol. The van der Waals surface area contributed by atoms with Crippen LogP contribution in [0.3, 0.4) is 0 Å².